The van der Waals surface area contributed by atoms with E-state index in [1.54, 1.807) is 0 Å². The van der Waals surface area contributed by atoms with E-state index < -0.39 is 0 Å². The number of fused-ring (bicyclic) bond motifs is 2. The second kappa shape index (κ2) is 5.41. The minimum atomic E-state index is 0.301. The van der Waals surface area contributed by atoms with E-state index in [-0.39, 0.29) is 0 Å². The van der Waals surface area contributed by atoms with Crippen LogP contribution in [0.1, 0.15) is 19.3 Å². The molecule has 0 bridgehead atoms. The van der Waals surface area contributed by atoms with Crippen LogP contribution in [0.25, 0.3) is 10.8 Å². The fourth-order valence-electron chi connectivity index (χ4n) is 3.07. The van der Waals surface area contributed by atoms with Crippen molar-refractivity contribution in [1.82, 2.24) is 10.3 Å². The van der Waals surface area contributed by atoms with Crippen molar-refractivity contribution < 1.29 is 9.47 Å². The molecule has 2 N–H and O–H groups in total. The van der Waals surface area contributed by atoms with E-state index in [9.17, 15) is 0 Å². The molecule has 1 aromatic carbocycles. The first kappa shape index (κ1) is 12.7. The Hall–Kier alpha value is -2.01. The Morgan fingerprint density at radius 3 is 3.05 bits per heavy atom. The molecule has 110 valence electrons. The summed E-state index contributed by atoms with van der Waals surface area (Å²) < 4.78 is 10.9. The van der Waals surface area contributed by atoms with Crippen LogP contribution in [0.2, 0.25) is 0 Å². The van der Waals surface area contributed by atoms with E-state index in [0.29, 0.717) is 12.8 Å². The first-order chi connectivity index (χ1) is 10.4. The van der Waals surface area contributed by atoms with Gasteiger partial charge in [0.2, 0.25) is 6.79 Å². The highest BCUT2D eigenvalue weighted by molar-refractivity contribution is 5.94. The lowest BCUT2D eigenvalue weighted by molar-refractivity contribution is 0.174. The van der Waals surface area contributed by atoms with E-state index in [1.165, 1.54) is 12.8 Å². The number of hydrogen-bond donors (Lipinski definition) is 2. The van der Waals surface area contributed by atoms with Crippen molar-refractivity contribution in [3.63, 3.8) is 0 Å². The number of nitrogens with zero attached hydrogens (tertiary/aromatic N) is 1. The fourth-order valence-corrected chi connectivity index (χ4v) is 3.07. The van der Waals surface area contributed by atoms with Gasteiger partial charge in [-0.15, -0.1) is 0 Å². The molecule has 1 saturated heterocycles. The third-order valence-electron chi connectivity index (χ3n) is 4.21. The third-order valence-corrected chi connectivity index (χ3v) is 4.21. The van der Waals surface area contributed by atoms with Crippen LogP contribution in [0.5, 0.6) is 11.5 Å². The summed E-state index contributed by atoms with van der Waals surface area (Å²) in [5, 5.41) is 9.18. The number of benzene rings is 1. The van der Waals surface area contributed by atoms with Gasteiger partial charge < -0.3 is 20.1 Å². The van der Waals surface area contributed by atoms with Gasteiger partial charge in [-0.3, -0.25) is 0 Å². The van der Waals surface area contributed by atoms with Gasteiger partial charge in [-0.1, -0.05) is 0 Å². The Balaban J connectivity index is 1.53. The zero-order valence-electron chi connectivity index (χ0n) is 11.9. The molecule has 2 aliphatic heterocycles. The number of anilines is 1. The van der Waals surface area contributed by atoms with Crippen LogP contribution in [-0.2, 0) is 0 Å². The average Bonchev–Trinajstić information content (AvgIpc) is 3.16. The Kier molecular flexibility index (Phi) is 3.27. The summed E-state index contributed by atoms with van der Waals surface area (Å²) in [4.78, 5) is 4.47. The fraction of sp³-hybridized carbons (Fsp3) is 0.438. The van der Waals surface area contributed by atoms with Crippen molar-refractivity contribution in [3.05, 3.63) is 24.4 Å². The van der Waals surface area contributed by atoms with Gasteiger partial charge in [0.05, 0.1) is 0 Å². The van der Waals surface area contributed by atoms with Gasteiger partial charge in [0.15, 0.2) is 11.5 Å². The summed E-state index contributed by atoms with van der Waals surface area (Å²) >= 11 is 0. The summed E-state index contributed by atoms with van der Waals surface area (Å²) in [5.41, 5.74) is 0. The monoisotopic (exact) mass is 285 g/mol. The smallest absolute Gasteiger partial charge is 0.231 e. The molecule has 0 aliphatic carbocycles. The second-order valence-corrected chi connectivity index (χ2v) is 5.59. The highest BCUT2D eigenvalue weighted by Gasteiger charge is 2.16. The summed E-state index contributed by atoms with van der Waals surface area (Å²) in [6.07, 6.45) is 5.54. The second-order valence-electron chi connectivity index (χ2n) is 5.59. The molecule has 5 nitrogen and oxygen atoms in total. The molecule has 4 rings (SSSR count). The number of rotatable bonds is 4. The van der Waals surface area contributed by atoms with Crippen molar-refractivity contribution in [3.8, 4) is 11.5 Å². The molecule has 0 amide bonds. The number of hydrogen-bond acceptors (Lipinski definition) is 5. The molecule has 0 unspecified atom stereocenters. The maximum atomic E-state index is 5.46. The molecular weight excluding hydrogens is 266 g/mol. The summed E-state index contributed by atoms with van der Waals surface area (Å²) in [6.45, 7) is 2.38. The van der Waals surface area contributed by atoms with Crippen LogP contribution in [0.4, 0.5) is 5.82 Å². The largest absolute Gasteiger partial charge is 0.454 e. The maximum Gasteiger partial charge on any atom is 0.231 e. The number of nitrogens with one attached hydrogen (secondary N) is 2. The van der Waals surface area contributed by atoms with Gasteiger partial charge in [-0.25, -0.2) is 4.98 Å². The molecule has 2 aromatic rings. The predicted octanol–water partition coefficient (Wildman–Crippen LogP) is 2.52. The maximum absolute atomic E-state index is 5.46. The molecule has 3 heterocycles. The zero-order valence-corrected chi connectivity index (χ0v) is 11.9. The minimum Gasteiger partial charge on any atom is -0.454 e. The van der Waals surface area contributed by atoms with Crippen molar-refractivity contribution >= 4 is 16.6 Å². The third kappa shape index (κ3) is 2.49. The van der Waals surface area contributed by atoms with Gasteiger partial charge in [-0.2, -0.15) is 0 Å². The molecule has 1 aromatic heterocycles. The topological polar surface area (TPSA) is 55.4 Å². The van der Waals surface area contributed by atoms with Gasteiger partial charge in [0, 0.05) is 24.2 Å². The van der Waals surface area contributed by atoms with E-state index in [2.05, 4.69) is 15.6 Å². The lowest BCUT2D eigenvalue weighted by Crippen LogP contribution is -2.24. The molecule has 2 aliphatic rings. The minimum absolute atomic E-state index is 0.301. The molecule has 1 atom stereocenters. The average molecular weight is 285 g/mol. The van der Waals surface area contributed by atoms with E-state index >= 15 is 0 Å². The van der Waals surface area contributed by atoms with Crippen LogP contribution in [-0.4, -0.2) is 30.9 Å². The van der Waals surface area contributed by atoms with Crippen LogP contribution in [0, 0.1) is 0 Å². The molecule has 5 heteroatoms. The summed E-state index contributed by atoms with van der Waals surface area (Å²) in [7, 11) is 0. The van der Waals surface area contributed by atoms with Crippen LogP contribution in [0.15, 0.2) is 24.4 Å². The van der Waals surface area contributed by atoms with E-state index in [0.717, 1.165) is 47.6 Å². The van der Waals surface area contributed by atoms with E-state index in [4.69, 9.17) is 9.47 Å². The van der Waals surface area contributed by atoms with Gasteiger partial charge in [0.25, 0.3) is 0 Å². The first-order valence-electron chi connectivity index (χ1n) is 7.56. The standard InChI is InChI=1S/C16H19N3O2/c1-2-12(17-5-1)4-7-19-16-13-9-15-14(20-10-21-15)8-11(13)3-6-18-16/h3,6,8-9,12,17H,1-2,4-5,7,10H2,(H,18,19)/t12-/m0/s1. The molecular formula is C16H19N3O2. The molecule has 0 saturated carbocycles. The number of pyridine rings is 1. The summed E-state index contributed by atoms with van der Waals surface area (Å²) in [5.74, 6) is 2.54. The lowest BCUT2D eigenvalue weighted by atomic mass is 10.1. The zero-order chi connectivity index (χ0) is 14.1. The Bertz CT molecular complexity index is 653. The normalized spacial score (nSPS) is 20.1. The lowest BCUT2D eigenvalue weighted by Gasteiger charge is -2.12. The molecule has 0 radical (unpaired) electrons. The Morgan fingerprint density at radius 2 is 2.19 bits per heavy atom. The number of aromatic nitrogens is 1. The van der Waals surface area contributed by atoms with Crippen LogP contribution in [0.3, 0.4) is 0 Å². The predicted molar refractivity (Wildman–Crippen MR) is 82.0 cm³/mol. The van der Waals surface area contributed by atoms with Crippen molar-refractivity contribution in [2.45, 2.75) is 25.3 Å². The van der Waals surface area contributed by atoms with Crippen LogP contribution >= 0.6 is 0 Å². The van der Waals surface area contributed by atoms with Gasteiger partial charge in [0.1, 0.15) is 5.82 Å². The van der Waals surface area contributed by atoms with Crippen molar-refractivity contribution in [1.29, 1.82) is 0 Å². The SMILES string of the molecule is c1cc2cc3c(cc2c(NCC[C@@H]2CCCN2)n1)OCO3. The van der Waals surface area contributed by atoms with Crippen LogP contribution < -0.4 is 20.1 Å². The Morgan fingerprint density at radius 1 is 1.29 bits per heavy atom. The van der Waals surface area contributed by atoms with Gasteiger partial charge in [-0.05, 0) is 49.4 Å². The van der Waals surface area contributed by atoms with Gasteiger partial charge >= 0.3 is 0 Å². The Labute approximate surface area is 123 Å². The highest BCUT2D eigenvalue weighted by Crippen LogP contribution is 2.37. The molecule has 0 spiro atoms. The summed E-state index contributed by atoms with van der Waals surface area (Å²) in [6, 6.07) is 6.68. The quantitative estimate of drug-likeness (QED) is 0.904. The molecule has 1 fully saturated rings. The van der Waals surface area contributed by atoms with Crippen molar-refractivity contribution in [2.75, 3.05) is 25.2 Å². The number of ether oxygens (including phenoxy) is 2. The first-order valence-corrected chi connectivity index (χ1v) is 7.56. The molecule has 21 heavy (non-hydrogen) atoms. The van der Waals surface area contributed by atoms with Crippen molar-refractivity contribution in [2.24, 2.45) is 0 Å². The van der Waals surface area contributed by atoms with E-state index in [1.807, 2.05) is 24.4 Å². The highest BCUT2D eigenvalue weighted by atomic mass is 16.7.